The summed E-state index contributed by atoms with van der Waals surface area (Å²) in [6.45, 7) is 3.29. The summed E-state index contributed by atoms with van der Waals surface area (Å²) in [5, 5.41) is 4.13. The van der Waals surface area contributed by atoms with E-state index in [0.717, 1.165) is 11.3 Å². The molecule has 0 saturated carbocycles. The maximum absolute atomic E-state index is 12.5. The Morgan fingerprint density at radius 1 is 1.45 bits per heavy atom. The van der Waals surface area contributed by atoms with Gasteiger partial charge in [0.25, 0.3) is 0 Å². The Morgan fingerprint density at radius 3 is 3.09 bits per heavy atom. The van der Waals surface area contributed by atoms with Crippen molar-refractivity contribution in [3.63, 3.8) is 0 Å². The molecule has 2 aromatic heterocycles. The van der Waals surface area contributed by atoms with E-state index in [4.69, 9.17) is 4.74 Å². The van der Waals surface area contributed by atoms with Gasteiger partial charge in [-0.3, -0.25) is 14.8 Å². The van der Waals surface area contributed by atoms with Crippen LogP contribution in [0.1, 0.15) is 30.7 Å². The van der Waals surface area contributed by atoms with Crippen LogP contribution >= 0.6 is 11.3 Å². The van der Waals surface area contributed by atoms with Gasteiger partial charge in [-0.05, 0) is 35.7 Å². The molecule has 6 heteroatoms. The van der Waals surface area contributed by atoms with E-state index in [1.165, 1.54) is 0 Å². The van der Waals surface area contributed by atoms with Gasteiger partial charge in [-0.2, -0.15) is 11.3 Å². The molecule has 0 bridgehead atoms. The van der Waals surface area contributed by atoms with Crippen molar-refractivity contribution in [2.75, 3.05) is 13.1 Å². The second-order valence-electron chi connectivity index (χ2n) is 5.49. The first-order valence-electron chi connectivity index (χ1n) is 7.42. The zero-order valence-electron chi connectivity index (χ0n) is 12.5. The Morgan fingerprint density at radius 2 is 2.36 bits per heavy atom. The van der Waals surface area contributed by atoms with Gasteiger partial charge in [0.1, 0.15) is 6.10 Å². The van der Waals surface area contributed by atoms with Gasteiger partial charge in [-0.1, -0.05) is 0 Å². The van der Waals surface area contributed by atoms with E-state index >= 15 is 0 Å². The average Bonchev–Trinajstić information content (AvgIpc) is 3.07. The first kappa shape index (κ1) is 15.1. The van der Waals surface area contributed by atoms with E-state index in [1.807, 2.05) is 17.2 Å². The number of thiophene rings is 1. The minimum Gasteiger partial charge on any atom is -0.367 e. The standard InChI is InChI=1S/C16H19N3O2S/c1-12-9-19(10-15(21-12)13-4-7-22-11-13)16(20)3-2-14-8-17-5-6-18-14/h4-8,11-12,15H,2-3,9-10H2,1H3/t12-,15-/m1/s1. The number of carbonyl (C=O) groups is 1. The predicted octanol–water partition coefficient (Wildman–Crippen LogP) is 2.46. The van der Waals surface area contributed by atoms with Gasteiger partial charge in [0.15, 0.2) is 0 Å². The SMILES string of the molecule is C[C@@H]1CN(C(=O)CCc2cnccn2)C[C@H](c2ccsc2)O1. The molecule has 0 N–H and O–H groups in total. The summed E-state index contributed by atoms with van der Waals surface area (Å²) >= 11 is 1.65. The topological polar surface area (TPSA) is 55.3 Å². The monoisotopic (exact) mass is 317 g/mol. The van der Waals surface area contributed by atoms with Crippen LogP contribution in [0.15, 0.2) is 35.4 Å². The number of hydrogen-bond acceptors (Lipinski definition) is 5. The Balaban J connectivity index is 1.59. The third-order valence-corrected chi connectivity index (χ3v) is 4.44. The molecule has 2 aromatic rings. The third kappa shape index (κ3) is 3.69. The summed E-state index contributed by atoms with van der Waals surface area (Å²) in [4.78, 5) is 22.6. The van der Waals surface area contributed by atoms with Gasteiger partial charge in [0, 0.05) is 31.6 Å². The molecule has 1 fully saturated rings. The molecule has 22 heavy (non-hydrogen) atoms. The molecule has 0 aromatic carbocycles. The lowest BCUT2D eigenvalue weighted by molar-refractivity contribution is -0.144. The Kier molecular flexibility index (Phi) is 4.80. The first-order chi connectivity index (χ1) is 10.7. The van der Waals surface area contributed by atoms with E-state index in [0.29, 0.717) is 25.9 Å². The fourth-order valence-electron chi connectivity index (χ4n) is 2.65. The Hall–Kier alpha value is -1.79. The van der Waals surface area contributed by atoms with Crippen LogP contribution in [-0.2, 0) is 16.0 Å². The van der Waals surface area contributed by atoms with Crippen molar-refractivity contribution in [2.45, 2.75) is 32.0 Å². The lowest BCUT2D eigenvalue weighted by Crippen LogP contribution is -2.46. The van der Waals surface area contributed by atoms with E-state index in [2.05, 4.69) is 21.4 Å². The van der Waals surface area contributed by atoms with Gasteiger partial charge in [-0.15, -0.1) is 0 Å². The summed E-state index contributed by atoms with van der Waals surface area (Å²) in [6, 6.07) is 2.07. The van der Waals surface area contributed by atoms with E-state index in [9.17, 15) is 4.79 Å². The van der Waals surface area contributed by atoms with Crippen LogP contribution in [0.3, 0.4) is 0 Å². The molecule has 1 saturated heterocycles. The van der Waals surface area contributed by atoms with Gasteiger partial charge in [0.05, 0.1) is 18.3 Å². The first-order valence-corrected chi connectivity index (χ1v) is 8.37. The highest BCUT2D eigenvalue weighted by atomic mass is 32.1. The molecule has 116 valence electrons. The van der Waals surface area contributed by atoms with E-state index in [-0.39, 0.29) is 18.1 Å². The molecule has 1 aliphatic heterocycles. The summed E-state index contributed by atoms with van der Waals surface area (Å²) in [5.74, 6) is 0.154. The number of carbonyl (C=O) groups excluding carboxylic acids is 1. The number of hydrogen-bond donors (Lipinski definition) is 0. The quantitative estimate of drug-likeness (QED) is 0.869. The predicted molar refractivity (Wildman–Crippen MR) is 84.5 cm³/mol. The van der Waals surface area contributed by atoms with Gasteiger partial charge in [0.2, 0.25) is 5.91 Å². The van der Waals surface area contributed by atoms with Crippen LogP contribution in [0.25, 0.3) is 0 Å². The minimum atomic E-state index is -0.0181. The van der Waals surface area contributed by atoms with Crippen LogP contribution in [-0.4, -0.2) is 40.0 Å². The molecule has 3 heterocycles. The van der Waals surface area contributed by atoms with Gasteiger partial charge >= 0.3 is 0 Å². The van der Waals surface area contributed by atoms with Crippen LogP contribution in [0.4, 0.5) is 0 Å². The maximum atomic E-state index is 12.5. The second kappa shape index (κ2) is 6.98. The van der Waals surface area contributed by atoms with Crippen molar-refractivity contribution >= 4 is 17.2 Å². The van der Waals surface area contributed by atoms with Crippen LogP contribution in [0.2, 0.25) is 0 Å². The summed E-state index contributed by atoms with van der Waals surface area (Å²) in [7, 11) is 0. The highest BCUT2D eigenvalue weighted by Gasteiger charge is 2.29. The molecule has 0 spiro atoms. The maximum Gasteiger partial charge on any atom is 0.223 e. The number of ether oxygens (including phenoxy) is 1. The molecule has 1 aliphatic rings. The van der Waals surface area contributed by atoms with Crippen molar-refractivity contribution in [1.29, 1.82) is 0 Å². The normalized spacial score (nSPS) is 21.8. The molecule has 0 aliphatic carbocycles. The number of aryl methyl sites for hydroxylation is 1. The molecule has 2 atom stereocenters. The van der Waals surface area contributed by atoms with E-state index < -0.39 is 0 Å². The zero-order valence-corrected chi connectivity index (χ0v) is 13.3. The number of nitrogens with zero attached hydrogens (tertiary/aromatic N) is 3. The minimum absolute atomic E-state index is 0.0181. The number of rotatable bonds is 4. The average molecular weight is 317 g/mol. The molecule has 0 unspecified atom stereocenters. The second-order valence-corrected chi connectivity index (χ2v) is 6.27. The van der Waals surface area contributed by atoms with E-state index in [1.54, 1.807) is 29.9 Å². The van der Waals surface area contributed by atoms with Crippen molar-refractivity contribution in [3.8, 4) is 0 Å². The molecule has 1 amide bonds. The molecule has 0 radical (unpaired) electrons. The van der Waals surface area contributed by atoms with Crippen molar-refractivity contribution in [2.24, 2.45) is 0 Å². The fourth-order valence-corrected chi connectivity index (χ4v) is 3.35. The summed E-state index contributed by atoms with van der Waals surface area (Å²) in [5.41, 5.74) is 2.01. The van der Waals surface area contributed by atoms with Crippen molar-refractivity contribution in [3.05, 3.63) is 46.7 Å². The number of amides is 1. The highest BCUT2D eigenvalue weighted by molar-refractivity contribution is 7.07. The van der Waals surface area contributed by atoms with Crippen molar-refractivity contribution in [1.82, 2.24) is 14.9 Å². The molecule has 3 rings (SSSR count). The van der Waals surface area contributed by atoms with Gasteiger partial charge < -0.3 is 9.64 Å². The van der Waals surface area contributed by atoms with Crippen LogP contribution in [0.5, 0.6) is 0 Å². The molecular weight excluding hydrogens is 298 g/mol. The zero-order chi connectivity index (χ0) is 15.4. The largest absolute Gasteiger partial charge is 0.367 e. The number of morpholine rings is 1. The fraction of sp³-hybridized carbons (Fsp3) is 0.438. The number of aromatic nitrogens is 2. The molecular formula is C16H19N3O2S. The third-order valence-electron chi connectivity index (χ3n) is 3.74. The highest BCUT2D eigenvalue weighted by Crippen LogP contribution is 2.27. The summed E-state index contributed by atoms with van der Waals surface area (Å²) < 4.78 is 5.96. The lowest BCUT2D eigenvalue weighted by Gasteiger charge is -2.36. The van der Waals surface area contributed by atoms with Gasteiger partial charge in [-0.25, -0.2) is 0 Å². The Labute approximate surface area is 134 Å². The van der Waals surface area contributed by atoms with Crippen molar-refractivity contribution < 1.29 is 9.53 Å². The Bertz CT molecular complexity index is 603. The van der Waals surface area contributed by atoms with Crippen LogP contribution < -0.4 is 0 Å². The molecule has 5 nitrogen and oxygen atoms in total. The van der Waals surface area contributed by atoms with Crippen LogP contribution in [0, 0.1) is 0 Å². The lowest BCUT2D eigenvalue weighted by atomic mass is 10.1. The smallest absolute Gasteiger partial charge is 0.223 e. The summed E-state index contributed by atoms with van der Waals surface area (Å²) in [6.07, 6.45) is 6.13.